The molecule has 0 unspecified atom stereocenters. The van der Waals surface area contributed by atoms with Gasteiger partial charge in [0.05, 0.1) is 15.5 Å². The Morgan fingerprint density at radius 3 is 2.48 bits per heavy atom. The Morgan fingerprint density at radius 2 is 1.87 bits per heavy atom. The van der Waals surface area contributed by atoms with Crippen LogP contribution in [0.3, 0.4) is 0 Å². The molecule has 0 bridgehead atoms. The summed E-state index contributed by atoms with van der Waals surface area (Å²) in [5, 5.41) is 10.8. The highest BCUT2D eigenvalue weighted by Gasteiger charge is 2.18. The lowest BCUT2D eigenvalue weighted by atomic mass is 10.2. The van der Waals surface area contributed by atoms with Gasteiger partial charge >= 0.3 is 0 Å². The Hall–Kier alpha value is -2.74. The molecule has 2 aromatic rings. The average molecular weight is 334 g/mol. The molecule has 8 heteroatoms. The molecule has 0 heterocycles. The molecule has 0 fully saturated rings. The van der Waals surface area contributed by atoms with Crippen LogP contribution >= 0.6 is 0 Å². The smallest absolute Gasteiger partial charge is 0.271 e. The van der Waals surface area contributed by atoms with Crippen molar-refractivity contribution in [3.63, 3.8) is 0 Å². The zero-order valence-electron chi connectivity index (χ0n) is 12.4. The fourth-order valence-electron chi connectivity index (χ4n) is 1.92. The predicted molar refractivity (Wildman–Crippen MR) is 85.1 cm³/mol. The van der Waals surface area contributed by atoms with Gasteiger partial charge in [0.15, 0.2) is 5.78 Å². The molecule has 2 aromatic carbocycles. The summed E-state index contributed by atoms with van der Waals surface area (Å²) in [7, 11) is -3.96. The van der Waals surface area contributed by atoms with Crippen molar-refractivity contribution in [3.05, 3.63) is 63.7 Å². The van der Waals surface area contributed by atoms with Crippen LogP contribution in [-0.4, -0.2) is 19.1 Å². The van der Waals surface area contributed by atoms with E-state index >= 15 is 0 Å². The summed E-state index contributed by atoms with van der Waals surface area (Å²) >= 11 is 0. The summed E-state index contributed by atoms with van der Waals surface area (Å²) in [5.41, 5.74) is 0.712. The van der Waals surface area contributed by atoms with Gasteiger partial charge in [0.2, 0.25) is 0 Å². The first kappa shape index (κ1) is 16.6. The van der Waals surface area contributed by atoms with E-state index in [0.717, 1.165) is 6.07 Å². The number of nitro groups is 1. The second kappa shape index (κ2) is 6.17. The first-order valence-electron chi connectivity index (χ1n) is 6.59. The van der Waals surface area contributed by atoms with Crippen molar-refractivity contribution in [2.45, 2.75) is 18.7 Å². The number of nitro benzene ring substituents is 1. The fourth-order valence-corrected chi connectivity index (χ4v) is 3.09. The third-order valence-corrected chi connectivity index (χ3v) is 4.59. The van der Waals surface area contributed by atoms with Gasteiger partial charge in [-0.1, -0.05) is 18.2 Å². The van der Waals surface area contributed by atoms with Gasteiger partial charge in [-0.05, 0) is 31.5 Å². The summed E-state index contributed by atoms with van der Waals surface area (Å²) in [4.78, 5) is 21.5. The zero-order chi connectivity index (χ0) is 17.2. The molecular weight excluding hydrogens is 320 g/mol. The van der Waals surface area contributed by atoms with Gasteiger partial charge in [0.1, 0.15) is 0 Å². The Labute approximate surface area is 133 Å². The van der Waals surface area contributed by atoms with Crippen LogP contribution in [0.4, 0.5) is 11.4 Å². The molecule has 0 atom stereocenters. The monoisotopic (exact) mass is 334 g/mol. The van der Waals surface area contributed by atoms with Crippen LogP contribution in [0.5, 0.6) is 0 Å². The largest absolute Gasteiger partial charge is 0.295 e. The van der Waals surface area contributed by atoms with Gasteiger partial charge in [-0.2, -0.15) is 0 Å². The number of hydrogen-bond donors (Lipinski definition) is 1. The number of anilines is 1. The maximum absolute atomic E-state index is 12.4. The van der Waals surface area contributed by atoms with Crippen LogP contribution in [0.25, 0.3) is 0 Å². The normalized spacial score (nSPS) is 11.0. The van der Waals surface area contributed by atoms with Crippen molar-refractivity contribution < 1.29 is 18.1 Å². The van der Waals surface area contributed by atoms with Crippen LogP contribution in [0, 0.1) is 17.0 Å². The number of hydrogen-bond acceptors (Lipinski definition) is 5. The molecule has 23 heavy (non-hydrogen) atoms. The summed E-state index contributed by atoms with van der Waals surface area (Å²) in [6.45, 7) is 2.97. The number of nitrogens with zero attached hydrogens (tertiary/aromatic N) is 1. The lowest BCUT2D eigenvalue weighted by molar-refractivity contribution is -0.384. The molecule has 0 aliphatic heterocycles. The Morgan fingerprint density at radius 1 is 1.17 bits per heavy atom. The second-order valence-corrected chi connectivity index (χ2v) is 6.63. The number of aryl methyl sites for hydroxylation is 1. The van der Waals surface area contributed by atoms with Gasteiger partial charge in [-0.3, -0.25) is 19.6 Å². The molecule has 0 aromatic heterocycles. The molecule has 0 amide bonds. The number of rotatable bonds is 5. The molecular formula is C15H14N2O5S. The van der Waals surface area contributed by atoms with Crippen LogP contribution < -0.4 is 4.72 Å². The van der Waals surface area contributed by atoms with Gasteiger partial charge < -0.3 is 0 Å². The third-order valence-electron chi connectivity index (χ3n) is 3.23. The zero-order valence-corrected chi connectivity index (χ0v) is 13.3. The van der Waals surface area contributed by atoms with Gasteiger partial charge in [0, 0.05) is 17.7 Å². The highest BCUT2D eigenvalue weighted by molar-refractivity contribution is 7.92. The standard InChI is InChI=1S/C15H14N2O5S/c1-10-6-7-13(17(19)20)9-15(10)16-23(21,22)14-5-3-4-12(8-14)11(2)18/h3-9,16H,1-2H3. The first-order chi connectivity index (χ1) is 10.7. The van der Waals surface area contributed by atoms with Gasteiger partial charge in [-0.15, -0.1) is 0 Å². The Kier molecular flexibility index (Phi) is 4.46. The molecule has 1 N–H and O–H groups in total. The van der Waals surface area contributed by atoms with Crippen LogP contribution in [0.1, 0.15) is 22.8 Å². The molecule has 0 radical (unpaired) electrons. The fraction of sp³-hybridized carbons (Fsp3) is 0.133. The van der Waals surface area contributed by atoms with Crippen molar-refractivity contribution in [2.75, 3.05) is 4.72 Å². The molecule has 0 spiro atoms. The molecule has 120 valence electrons. The molecule has 7 nitrogen and oxygen atoms in total. The molecule has 0 saturated heterocycles. The van der Waals surface area contributed by atoms with E-state index in [9.17, 15) is 23.3 Å². The average Bonchev–Trinajstić information content (AvgIpc) is 2.49. The topological polar surface area (TPSA) is 106 Å². The van der Waals surface area contributed by atoms with Crippen LogP contribution in [0.15, 0.2) is 47.4 Å². The number of ketones is 1. The van der Waals surface area contributed by atoms with E-state index in [-0.39, 0.29) is 27.6 Å². The van der Waals surface area contributed by atoms with Gasteiger partial charge in [0.25, 0.3) is 15.7 Å². The highest BCUT2D eigenvalue weighted by atomic mass is 32.2. The van der Waals surface area contributed by atoms with Crippen molar-refractivity contribution in [3.8, 4) is 0 Å². The highest BCUT2D eigenvalue weighted by Crippen LogP contribution is 2.25. The third kappa shape index (κ3) is 3.72. The van der Waals surface area contributed by atoms with Crippen LogP contribution in [-0.2, 0) is 10.0 Å². The van der Waals surface area contributed by atoms with E-state index in [1.807, 2.05) is 0 Å². The first-order valence-corrected chi connectivity index (χ1v) is 8.08. The molecule has 0 saturated carbocycles. The number of nitrogens with one attached hydrogen (secondary N) is 1. The maximum atomic E-state index is 12.4. The van der Waals surface area contributed by atoms with E-state index < -0.39 is 14.9 Å². The summed E-state index contributed by atoms with van der Waals surface area (Å²) in [6, 6.07) is 9.50. The molecule has 0 aliphatic carbocycles. The van der Waals surface area contributed by atoms with E-state index in [1.54, 1.807) is 6.92 Å². The number of carbonyl (C=O) groups is 1. The van der Waals surface area contributed by atoms with Crippen molar-refractivity contribution in [1.29, 1.82) is 0 Å². The minimum absolute atomic E-state index is 0.0869. The second-order valence-electron chi connectivity index (χ2n) is 4.95. The van der Waals surface area contributed by atoms with Gasteiger partial charge in [-0.25, -0.2) is 8.42 Å². The molecule has 2 rings (SSSR count). The van der Waals surface area contributed by atoms with E-state index in [2.05, 4.69) is 4.72 Å². The predicted octanol–water partition coefficient (Wildman–Crippen LogP) is 2.91. The number of non-ortho nitro benzene ring substituents is 1. The number of benzene rings is 2. The lowest BCUT2D eigenvalue weighted by Crippen LogP contribution is -2.14. The van der Waals surface area contributed by atoms with Crippen LogP contribution in [0.2, 0.25) is 0 Å². The Balaban J connectivity index is 2.42. The minimum atomic E-state index is -3.96. The lowest BCUT2D eigenvalue weighted by Gasteiger charge is -2.11. The molecule has 0 aliphatic rings. The van der Waals surface area contributed by atoms with Crippen molar-refractivity contribution in [1.82, 2.24) is 0 Å². The number of sulfonamides is 1. The maximum Gasteiger partial charge on any atom is 0.271 e. The van der Waals surface area contributed by atoms with E-state index in [4.69, 9.17) is 0 Å². The number of Topliss-reactive ketones (excluding diaryl/α,β-unsaturated/α-hetero) is 1. The Bertz CT molecular complexity index is 890. The van der Waals surface area contributed by atoms with Crippen molar-refractivity contribution >= 4 is 27.2 Å². The minimum Gasteiger partial charge on any atom is -0.295 e. The van der Waals surface area contributed by atoms with E-state index in [1.165, 1.54) is 43.3 Å². The summed E-state index contributed by atoms with van der Waals surface area (Å²) in [5.74, 6) is -0.256. The van der Waals surface area contributed by atoms with Crippen molar-refractivity contribution in [2.24, 2.45) is 0 Å². The number of carbonyl (C=O) groups excluding carboxylic acids is 1. The summed E-state index contributed by atoms with van der Waals surface area (Å²) < 4.78 is 27.2. The summed E-state index contributed by atoms with van der Waals surface area (Å²) in [6.07, 6.45) is 0. The SMILES string of the molecule is CC(=O)c1cccc(S(=O)(=O)Nc2cc([N+](=O)[O-])ccc2C)c1. The quantitative estimate of drug-likeness (QED) is 0.514. The van der Waals surface area contributed by atoms with E-state index in [0.29, 0.717) is 5.56 Å².